The Bertz CT molecular complexity index is 685. The smallest absolute Gasteiger partial charge is 0.344 e. The molecule has 1 aliphatic rings. The molecule has 0 unspecified atom stereocenters. The van der Waals surface area contributed by atoms with Crippen molar-refractivity contribution in [2.24, 2.45) is 5.92 Å². The molecule has 1 heterocycles. The lowest BCUT2D eigenvalue weighted by Crippen LogP contribution is -2.22. The normalized spacial score (nSPS) is 13.3. The lowest BCUT2D eigenvalue weighted by atomic mass is 10.1. The number of aryl methyl sites for hydroxylation is 1. The minimum absolute atomic E-state index is 0.0544. The zero-order valence-corrected chi connectivity index (χ0v) is 13.8. The fourth-order valence-corrected chi connectivity index (χ4v) is 2.19. The molecule has 1 saturated carbocycles. The fraction of sp³-hybridized carbons (Fsp3) is 0.500. The highest BCUT2D eigenvalue weighted by Gasteiger charge is 2.32. The van der Waals surface area contributed by atoms with Gasteiger partial charge in [0.25, 0.3) is 5.91 Å². The van der Waals surface area contributed by atoms with Crippen molar-refractivity contribution in [1.82, 2.24) is 0 Å². The van der Waals surface area contributed by atoms with Crippen molar-refractivity contribution in [3.8, 4) is 0 Å². The number of anilines is 1. The third kappa shape index (κ3) is 4.01. The number of furan rings is 1. The summed E-state index contributed by atoms with van der Waals surface area (Å²) in [7, 11) is 0. The average molecular weight is 337 g/mol. The molecule has 0 saturated heterocycles. The first-order chi connectivity index (χ1) is 11.3. The van der Waals surface area contributed by atoms with Gasteiger partial charge in [-0.15, -0.1) is 0 Å². The van der Waals surface area contributed by atoms with Gasteiger partial charge in [-0.05, 0) is 33.6 Å². The van der Waals surface area contributed by atoms with Gasteiger partial charge in [-0.1, -0.05) is 0 Å². The molecule has 0 aliphatic heterocycles. The van der Waals surface area contributed by atoms with Crippen LogP contribution < -0.4 is 5.32 Å². The number of nitrogens with one attached hydrogen (secondary N) is 1. The van der Waals surface area contributed by atoms with Gasteiger partial charge < -0.3 is 13.9 Å². The van der Waals surface area contributed by atoms with E-state index in [1.165, 1.54) is 13.8 Å². The van der Waals surface area contributed by atoms with Crippen LogP contribution in [0.3, 0.4) is 0 Å². The van der Waals surface area contributed by atoms with Crippen molar-refractivity contribution in [2.45, 2.75) is 33.6 Å². The summed E-state index contributed by atoms with van der Waals surface area (Å²) in [6, 6.07) is 0. The first kappa shape index (κ1) is 17.7. The Morgan fingerprint density at radius 3 is 2.38 bits per heavy atom. The SMILES string of the molecule is CCOC(=O)c1c(NC(=O)COC(=O)C2CC2)oc(C)c1C(C)=O. The molecule has 0 atom stereocenters. The Labute approximate surface area is 138 Å². The molecule has 0 spiro atoms. The van der Waals surface area contributed by atoms with Crippen molar-refractivity contribution in [2.75, 3.05) is 18.5 Å². The van der Waals surface area contributed by atoms with Gasteiger partial charge in [-0.25, -0.2) is 4.79 Å². The molecule has 1 amide bonds. The lowest BCUT2D eigenvalue weighted by Gasteiger charge is -2.06. The number of amides is 1. The Kier molecular flexibility index (Phi) is 5.38. The number of esters is 2. The van der Waals surface area contributed by atoms with E-state index >= 15 is 0 Å². The minimum Gasteiger partial charge on any atom is -0.462 e. The van der Waals surface area contributed by atoms with Crippen LogP contribution >= 0.6 is 0 Å². The molecule has 1 aliphatic carbocycles. The average Bonchev–Trinajstić information content (AvgIpc) is 3.29. The Morgan fingerprint density at radius 2 is 1.83 bits per heavy atom. The van der Waals surface area contributed by atoms with E-state index in [2.05, 4.69) is 5.32 Å². The predicted molar refractivity (Wildman–Crippen MR) is 81.7 cm³/mol. The third-order valence-corrected chi connectivity index (χ3v) is 3.43. The van der Waals surface area contributed by atoms with Crippen LogP contribution in [0.25, 0.3) is 0 Å². The molecule has 2 rings (SSSR count). The quantitative estimate of drug-likeness (QED) is 0.597. The third-order valence-electron chi connectivity index (χ3n) is 3.43. The number of carbonyl (C=O) groups is 4. The maximum Gasteiger partial charge on any atom is 0.344 e. The molecule has 0 radical (unpaired) electrons. The van der Waals surface area contributed by atoms with Crippen molar-refractivity contribution in [3.63, 3.8) is 0 Å². The highest BCUT2D eigenvalue weighted by Crippen LogP contribution is 2.30. The van der Waals surface area contributed by atoms with E-state index in [-0.39, 0.29) is 41.1 Å². The van der Waals surface area contributed by atoms with Crippen molar-refractivity contribution in [3.05, 3.63) is 16.9 Å². The van der Waals surface area contributed by atoms with Crippen LogP contribution in [0, 0.1) is 12.8 Å². The van der Waals surface area contributed by atoms with Gasteiger partial charge in [0.15, 0.2) is 12.4 Å². The van der Waals surface area contributed by atoms with Crippen molar-refractivity contribution < 1.29 is 33.1 Å². The summed E-state index contributed by atoms with van der Waals surface area (Å²) >= 11 is 0. The maximum atomic E-state index is 12.1. The van der Waals surface area contributed by atoms with Crippen molar-refractivity contribution >= 4 is 29.5 Å². The van der Waals surface area contributed by atoms with Gasteiger partial charge in [0.05, 0.1) is 18.1 Å². The number of rotatable bonds is 7. The zero-order chi connectivity index (χ0) is 17.9. The molecule has 1 aromatic rings. The topological polar surface area (TPSA) is 112 Å². The maximum absolute atomic E-state index is 12.1. The van der Waals surface area contributed by atoms with Crippen LogP contribution in [0.1, 0.15) is 53.2 Å². The number of hydrogen-bond acceptors (Lipinski definition) is 7. The molecule has 1 N–H and O–H groups in total. The van der Waals surface area contributed by atoms with Crippen LogP contribution in [-0.2, 0) is 19.1 Å². The van der Waals surface area contributed by atoms with E-state index in [1.54, 1.807) is 6.92 Å². The highest BCUT2D eigenvalue weighted by atomic mass is 16.5. The Morgan fingerprint density at radius 1 is 1.17 bits per heavy atom. The van der Waals surface area contributed by atoms with E-state index in [4.69, 9.17) is 13.9 Å². The van der Waals surface area contributed by atoms with E-state index in [1.807, 2.05) is 0 Å². The van der Waals surface area contributed by atoms with Gasteiger partial charge in [0, 0.05) is 0 Å². The molecular weight excluding hydrogens is 318 g/mol. The van der Waals surface area contributed by atoms with Crippen molar-refractivity contribution in [1.29, 1.82) is 0 Å². The second-order valence-electron chi connectivity index (χ2n) is 5.44. The summed E-state index contributed by atoms with van der Waals surface area (Å²) < 4.78 is 15.1. The molecular formula is C16H19NO7. The highest BCUT2D eigenvalue weighted by molar-refractivity contribution is 6.10. The molecule has 24 heavy (non-hydrogen) atoms. The largest absolute Gasteiger partial charge is 0.462 e. The molecule has 0 aromatic carbocycles. The van der Waals surface area contributed by atoms with E-state index in [9.17, 15) is 19.2 Å². The Hall–Kier alpha value is -2.64. The monoisotopic (exact) mass is 337 g/mol. The summed E-state index contributed by atoms with van der Waals surface area (Å²) in [6.45, 7) is 4.01. The molecule has 130 valence electrons. The fourth-order valence-electron chi connectivity index (χ4n) is 2.19. The number of carbonyl (C=O) groups excluding carboxylic acids is 4. The molecule has 1 aromatic heterocycles. The number of ether oxygens (including phenoxy) is 2. The summed E-state index contributed by atoms with van der Waals surface area (Å²) in [5, 5.41) is 2.34. The van der Waals surface area contributed by atoms with Crippen LogP contribution in [0.4, 0.5) is 5.88 Å². The van der Waals surface area contributed by atoms with Gasteiger partial charge >= 0.3 is 11.9 Å². The lowest BCUT2D eigenvalue weighted by molar-refractivity contribution is -0.148. The number of ketones is 1. The van der Waals surface area contributed by atoms with Crippen LogP contribution in [-0.4, -0.2) is 36.8 Å². The number of hydrogen-bond donors (Lipinski definition) is 1. The van der Waals surface area contributed by atoms with Crippen LogP contribution in [0.2, 0.25) is 0 Å². The van der Waals surface area contributed by atoms with Crippen LogP contribution in [0.5, 0.6) is 0 Å². The van der Waals surface area contributed by atoms with E-state index in [0.29, 0.717) is 0 Å². The van der Waals surface area contributed by atoms with Gasteiger partial charge in [0.1, 0.15) is 11.3 Å². The summed E-state index contributed by atoms with van der Waals surface area (Å²) in [6.07, 6.45) is 1.54. The van der Waals surface area contributed by atoms with Crippen LogP contribution in [0.15, 0.2) is 4.42 Å². The number of Topliss-reactive ketones (excluding diaryl/α,β-unsaturated/α-hetero) is 1. The Balaban J connectivity index is 2.14. The molecule has 0 bridgehead atoms. The first-order valence-electron chi connectivity index (χ1n) is 7.63. The standard InChI is InChI=1S/C16H19NO7/c1-4-22-16(21)13-12(8(2)18)9(3)24-14(13)17-11(19)7-23-15(20)10-5-6-10/h10H,4-7H2,1-3H3,(H,17,19). The van der Waals surface area contributed by atoms with E-state index in [0.717, 1.165) is 12.8 Å². The summed E-state index contributed by atoms with van der Waals surface area (Å²) in [4.78, 5) is 47.1. The minimum atomic E-state index is -0.773. The van der Waals surface area contributed by atoms with Gasteiger partial charge in [-0.3, -0.25) is 19.7 Å². The second kappa shape index (κ2) is 7.29. The predicted octanol–water partition coefficient (Wildman–Crippen LogP) is 1.86. The van der Waals surface area contributed by atoms with E-state index < -0.39 is 24.5 Å². The summed E-state index contributed by atoms with van der Waals surface area (Å²) in [5.41, 5.74) is -0.0811. The molecule has 8 nitrogen and oxygen atoms in total. The summed E-state index contributed by atoms with van der Waals surface area (Å²) in [5.74, 6) is -2.37. The molecule has 8 heteroatoms. The zero-order valence-electron chi connectivity index (χ0n) is 13.8. The molecule has 1 fully saturated rings. The second-order valence-corrected chi connectivity index (χ2v) is 5.44. The van der Waals surface area contributed by atoms with Gasteiger partial charge in [-0.2, -0.15) is 0 Å². The van der Waals surface area contributed by atoms with Gasteiger partial charge in [0.2, 0.25) is 5.88 Å². The first-order valence-corrected chi connectivity index (χ1v) is 7.63.